The summed E-state index contributed by atoms with van der Waals surface area (Å²) in [4.78, 5) is 30.7. The molecule has 2 aromatic rings. The standard InChI is InChI=1S/C20H18FN3O2S/c1-13(18(25)22-2)27-20-23-17(12-14-6-4-3-5-7-14)19(26)24(20)16-10-8-15(21)9-11-16/h3-13H,1-2H3,(H,22,25)/b17-12-. The van der Waals surface area contributed by atoms with Gasteiger partial charge in [0.2, 0.25) is 5.91 Å². The van der Waals surface area contributed by atoms with Crippen LogP contribution in [0.4, 0.5) is 10.1 Å². The lowest BCUT2D eigenvalue weighted by Gasteiger charge is -2.19. The highest BCUT2D eigenvalue weighted by atomic mass is 32.2. The van der Waals surface area contributed by atoms with Crippen molar-refractivity contribution in [2.75, 3.05) is 11.9 Å². The molecular weight excluding hydrogens is 365 g/mol. The smallest absolute Gasteiger partial charge is 0.283 e. The maximum absolute atomic E-state index is 13.3. The zero-order chi connectivity index (χ0) is 19.4. The lowest BCUT2D eigenvalue weighted by atomic mass is 10.2. The Morgan fingerprint density at radius 3 is 2.48 bits per heavy atom. The monoisotopic (exact) mass is 383 g/mol. The summed E-state index contributed by atoms with van der Waals surface area (Å²) in [5.74, 6) is -0.887. The lowest BCUT2D eigenvalue weighted by molar-refractivity contribution is -0.119. The second kappa shape index (κ2) is 8.18. The largest absolute Gasteiger partial charge is 0.358 e. The molecule has 0 saturated carbocycles. The molecule has 0 bridgehead atoms. The molecule has 0 spiro atoms. The van der Waals surface area contributed by atoms with Crippen molar-refractivity contribution < 1.29 is 14.0 Å². The fourth-order valence-electron chi connectivity index (χ4n) is 2.52. The fraction of sp³-hybridized carbons (Fsp3) is 0.150. The van der Waals surface area contributed by atoms with Crippen molar-refractivity contribution in [3.63, 3.8) is 0 Å². The Morgan fingerprint density at radius 2 is 1.85 bits per heavy atom. The minimum Gasteiger partial charge on any atom is -0.358 e. The molecule has 1 atom stereocenters. The topological polar surface area (TPSA) is 61.8 Å². The van der Waals surface area contributed by atoms with E-state index in [0.29, 0.717) is 10.9 Å². The van der Waals surface area contributed by atoms with E-state index in [2.05, 4.69) is 10.3 Å². The Balaban J connectivity index is 1.98. The number of rotatable bonds is 4. The van der Waals surface area contributed by atoms with Gasteiger partial charge in [-0.1, -0.05) is 42.1 Å². The third-order valence-electron chi connectivity index (χ3n) is 3.92. The van der Waals surface area contributed by atoms with Crippen LogP contribution in [-0.4, -0.2) is 29.3 Å². The SMILES string of the molecule is CNC(=O)C(C)SC1=N/C(=C\c2ccccc2)C(=O)N1c1ccc(F)cc1. The molecule has 0 aliphatic carbocycles. The predicted octanol–water partition coefficient (Wildman–Crippen LogP) is 3.44. The van der Waals surface area contributed by atoms with Crippen LogP contribution in [0, 0.1) is 5.82 Å². The van der Waals surface area contributed by atoms with E-state index in [9.17, 15) is 14.0 Å². The second-order valence-corrected chi connectivity index (χ2v) is 7.13. The number of carbonyl (C=O) groups is 2. The molecule has 138 valence electrons. The van der Waals surface area contributed by atoms with Crippen LogP contribution in [0.1, 0.15) is 12.5 Å². The number of hydrogen-bond acceptors (Lipinski definition) is 4. The average molecular weight is 383 g/mol. The molecule has 27 heavy (non-hydrogen) atoms. The van der Waals surface area contributed by atoms with Gasteiger partial charge in [-0.3, -0.25) is 14.5 Å². The molecule has 0 aromatic heterocycles. The Hall–Kier alpha value is -2.93. The van der Waals surface area contributed by atoms with Crippen molar-refractivity contribution in [1.82, 2.24) is 5.32 Å². The highest BCUT2D eigenvalue weighted by Gasteiger charge is 2.34. The molecule has 1 aliphatic rings. The predicted molar refractivity (Wildman–Crippen MR) is 107 cm³/mol. The maximum Gasteiger partial charge on any atom is 0.283 e. The van der Waals surface area contributed by atoms with Crippen LogP contribution in [0.15, 0.2) is 65.3 Å². The van der Waals surface area contributed by atoms with Gasteiger partial charge in [0.25, 0.3) is 5.91 Å². The quantitative estimate of drug-likeness (QED) is 0.823. The second-order valence-electron chi connectivity index (χ2n) is 5.83. The summed E-state index contributed by atoms with van der Waals surface area (Å²) in [6, 6.07) is 15.0. The van der Waals surface area contributed by atoms with Crippen LogP contribution in [0.5, 0.6) is 0 Å². The highest BCUT2D eigenvalue weighted by Crippen LogP contribution is 2.31. The Bertz CT molecular complexity index is 911. The number of nitrogens with zero attached hydrogens (tertiary/aromatic N) is 2. The van der Waals surface area contributed by atoms with Crippen LogP contribution >= 0.6 is 11.8 Å². The maximum atomic E-state index is 13.3. The molecule has 1 N–H and O–H groups in total. The number of halogens is 1. The summed E-state index contributed by atoms with van der Waals surface area (Å²) >= 11 is 1.17. The van der Waals surface area contributed by atoms with E-state index in [0.717, 1.165) is 5.56 Å². The molecule has 2 amide bonds. The molecule has 1 unspecified atom stereocenters. The first-order valence-corrected chi connectivity index (χ1v) is 9.21. The van der Waals surface area contributed by atoms with Gasteiger partial charge in [-0.05, 0) is 42.8 Å². The highest BCUT2D eigenvalue weighted by molar-refractivity contribution is 8.15. The number of carbonyl (C=O) groups excluding carboxylic acids is 2. The summed E-state index contributed by atoms with van der Waals surface area (Å²) in [6.07, 6.45) is 1.69. The number of nitrogens with one attached hydrogen (secondary N) is 1. The zero-order valence-electron chi connectivity index (χ0n) is 14.8. The van der Waals surface area contributed by atoms with Gasteiger partial charge in [-0.15, -0.1) is 0 Å². The van der Waals surface area contributed by atoms with Crippen molar-refractivity contribution >= 4 is 40.5 Å². The van der Waals surface area contributed by atoms with Crippen molar-refractivity contribution in [3.05, 3.63) is 71.7 Å². The normalized spacial score (nSPS) is 16.4. The van der Waals surface area contributed by atoms with E-state index in [1.54, 1.807) is 20.0 Å². The molecule has 5 nitrogen and oxygen atoms in total. The van der Waals surface area contributed by atoms with E-state index < -0.39 is 11.1 Å². The van der Waals surface area contributed by atoms with E-state index in [-0.39, 0.29) is 17.5 Å². The van der Waals surface area contributed by atoms with Crippen LogP contribution in [-0.2, 0) is 9.59 Å². The molecule has 0 radical (unpaired) electrons. The van der Waals surface area contributed by atoms with E-state index in [1.165, 1.54) is 40.9 Å². The van der Waals surface area contributed by atoms with Gasteiger partial charge < -0.3 is 5.32 Å². The number of amides is 2. The summed E-state index contributed by atoms with van der Waals surface area (Å²) in [5, 5.41) is 2.52. The zero-order valence-corrected chi connectivity index (χ0v) is 15.7. The van der Waals surface area contributed by atoms with Crippen molar-refractivity contribution in [2.24, 2.45) is 4.99 Å². The van der Waals surface area contributed by atoms with E-state index in [1.807, 2.05) is 30.3 Å². The molecule has 0 saturated heterocycles. The number of thioether (sulfide) groups is 1. The Morgan fingerprint density at radius 1 is 1.19 bits per heavy atom. The van der Waals surface area contributed by atoms with Crippen molar-refractivity contribution in [3.8, 4) is 0 Å². The number of aliphatic imine (C=N–C) groups is 1. The molecule has 2 aromatic carbocycles. The van der Waals surface area contributed by atoms with E-state index in [4.69, 9.17) is 0 Å². The van der Waals surface area contributed by atoms with Gasteiger partial charge in [-0.2, -0.15) is 0 Å². The van der Waals surface area contributed by atoms with Gasteiger partial charge >= 0.3 is 0 Å². The summed E-state index contributed by atoms with van der Waals surface area (Å²) in [7, 11) is 1.56. The summed E-state index contributed by atoms with van der Waals surface area (Å²) < 4.78 is 13.3. The lowest BCUT2D eigenvalue weighted by Crippen LogP contribution is -2.34. The van der Waals surface area contributed by atoms with Crippen molar-refractivity contribution in [2.45, 2.75) is 12.2 Å². The number of anilines is 1. The molecule has 7 heteroatoms. The van der Waals surface area contributed by atoms with Crippen LogP contribution in [0.2, 0.25) is 0 Å². The number of benzene rings is 2. The number of hydrogen-bond donors (Lipinski definition) is 1. The molecule has 1 heterocycles. The Labute approximate surface area is 161 Å². The molecule has 3 rings (SSSR count). The molecule has 0 fully saturated rings. The van der Waals surface area contributed by atoms with Gasteiger partial charge in [0.15, 0.2) is 5.17 Å². The minimum atomic E-state index is -0.444. The van der Waals surface area contributed by atoms with Crippen LogP contribution < -0.4 is 10.2 Å². The molecule has 1 aliphatic heterocycles. The minimum absolute atomic E-state index is 0.172. The van der Waals surface area contributed by atoms with Gasteiger partial charge in [-0.25, -0.2) is 9.38 Å². The third-order valence-corrected chi connectivity index (χ3v) is 4.97. The Kier molecular flexibility index (Phi) is 5.71. The van der Waals surface area contributed by atoms with Gasteiger partial charge in [0, 0.05) is 7.05 Å². The number of amidine groups is 1. The van der Waals surface area contributed by atoms with Crippen molar-refractivity contribution in [1.29, 1.82) is 0 Å². The molecular formula is C20H18FN3O2S. The van der Waals surface area contributed by atoms with Crippen LogP contribution in [0.3, 0.4) is 0 Å². The summed E-state index contributed by atoms with van der Waals surface area (Å²) in [6.45, 7) is 1.73. The first-order chi connectivity index (χ1) is 13.0. The first kappa shape index (κ1) is 18.8. The average Bonchev–Trinajstić information content (AvgIpc) is 2.97. The fourth-order valence-corrected chi connectivity index (χ4v) is 3.50. The van der Waals surface area contributed by atoms with Gasteiger partial charge in [0.1, 0.15) is 11.5 Å². The third kappa shape index (κ3) is 4.25. The van der Waals surface area contributed by atoms with E-state index >= 15 is 0 Å². The first-order valence-electron chi connectivity index (χ1n) is 8.33. The van der Waals surface area contributed by atoms with Gasteiger partial charge in [0.05, 0.1) is 10.9 Å². The van der Waals surface area contributed by atoms with Crippen LogP contribution in [0.25, 0.3) is 6.08 Å². The summed E-state index contributed by atoms with van der Waals surface area (Å²) in [5.41, 5.74) is 1.60.